The fourth-order valence-electron chi connectivity index (χ4n) is 1.19. The number of carbonyl (C=O) groups excluding carboxylic acids is 2. The Morgan fingerprint density at radius 2 is 2.11 bits per heavy atom. The lowest BCUT2D eigenvalue weighted by Crippen LogP contribution is -2.21. The Balaban J connectivity index is 2.94. The fraction of sp³-hybridized carbons (Fsp3) is 0.333. The van der Waals surface area contributed by atoms with E-state index in [4.69, 9.17) is 23.2 Å². The summed E-state index contributed by atoms with van der Waals surface area (Å²) in [6.07, 6.45) is 0. The van der Waals surface area contributed by atoms with Gasteiger partial charge in [0.1, 0.15) is 0 Å². The minimum atomic E-state index is -0.493. The number of nitrogens with one attached hydrogen (secondary N) is 1. The number of rotatable bonds is 4. The minimum absolute atomic E-state index is 0.208. The van der Waals surface area contributed by atoms with E-state index >= 15 is 0 Å². The SMILES string of the molecule is COC(=O)c1ccc(Cl)c(NC(=O)C(C)CCl)c1. The first-order valence-electron chi connectivity index (χ1n) is 5.24. The van der Waals surface area contributed by atoms with Crippen LogP contribution in [-0.4, -0.2) is 24.9 Å². The maximum Gasteiger partial charge on any atom is 0.337 e. The molecule has 6 heteroatoms. The molecule has 98 valence electrons. The van der Waals surface area contributed by atoms with Crippen molar-refractivity contribution in [1.29, 1.82) is 0 Å². The summed E-state index contributed by atoms with van der Waals surface area (Å²) in [6, 6.07) is 4.51. The molecule has 0 fully saturated rings. The van der Waals surface area contributed by atoms with Gasteiger partial charge in [-0.25, -0.2) is 4.79 Å². The molecule has 0 radical (unpaired) electrons. The Kier molecular flexibility index (Phi) is 5.44. The lowest BCUT2D eigenvalue weighted by molar-refractivity contribution is -0.118. The Morgan fingerprint density at radius 1 is 1.44 bits per heavy atom. The topological polar surface area (TPSA) is 55.4 Å². The van der Waals surface area contributed by atoms with Crippen LogP contribution in [0.4, 0.5) is 5.69 Å². The molecular formula is C12H13Cl2NO3. The number of carbonyl (C=O) groups is 2. The molecule has 18 heavy (non-hydrogen) atoms. The molecule has 1 unspecified atom stereocenters. The van der Waals surface area contributed by atoms with Crippen molar-refractivity contribution in [2.45, 2.75) is 6.92 Å². The maximum absolute atomic E-state index is 11.7. The smallest absolute Gasteiger partial charge is 0.337 e. The first-order chi connectivity index (χ1) is 8.49. The van der Waals surface area contributed by atoms with Crippen molar-refractivity contribution in [3.8, 4) is 0 Å². The van der Waals surface area contributed by atoms with Gasteiger partial charge in [0, 0.05) is 11.8 Å². The van der Waals surface area contributed by atoms with E-state index in [2.05, 4.69) is 10.1 Å². The number of anilines is 1. The van der Waals surface area contributed by atoms with Crippen LogP contribution in [0.15, 0.2) is 18.2 Å². The van der Waals surface area contributed by atoms with Gasteiger partial charge in [-0.05, 0) is 18.2 Å². The largest absolute Gasteiger partial charge is 0.465 e. The van der Waals surface area contributed by atoms with E-state index in [1.165, 1.54) is 25.3 Å². The molecule has 0 bridgehead atoms. The highest BCUT2D eigenvalue weighted by Gasteiger charge is 2.15. The summed E-state index contributed by atoms with van der Waals surface area (Å²) in [7, 11) is 1.28. The summed E-state index contributed by atoms with van der Waals surface area (Å²) >= 11 is 11.5. The van der Waals surface area contributed by atoms with Crippen molar-refractivity contribution in [3.05, 3.63) is 28.8 Å². The highest BCUT2D eigenvalue weighted by molar-refractivity contribution is 6.34. The molecule has 0 saturated carbocycles. The first kappa shape index (κ1) is 14.8. The lowest BCUT2D eigenvalue weighted by atomic mass is 10.1. The highest BCUT2D eigenvalue weighted by Crippen LogP contribution is 2.24. The second-order valence-corrected chi connectivity index (χ2v) is 4.45. The van der Waals surface area contributed by atoms with Gasteiger partial charge in [-0.15, -0.1) is 11.6 Å². The molecule has 0 aliphatic rings. The molecule has 1 amide bonds. The third-order valence-corrected chi connectivity index (χ3v) is 3.12. The monoisotopic (exact) mass is 289 g/mol. The van der Waals surface area contributed by atoms with Gasteiger partial charge in [0.05, 0.1) is 23.4 Å². The number of methoxy groups -OCH3 is 1. The number of amides is 1. The van der Waals surface area contributed by atoms with Crippen molar-refractivity contribution >= 4 is 40.8 Å². The number of hydrogen-bond donors (Lipinski definition) is 1. The summed E-state index contributed by atoms with van der Waals surface area (Å²) < 4.78 is 4.59. The summed E-state index contributed by atoms with van der Waals surface area (Å²) in [5.41, 5.74) is 0.678. The lowest BCUT2D eigenvalue weighted by Gasteiger charge is -2.11. The van der Waals surface area contributed by atoms with E-state index in [1.54, 1.807) is 6.92 Å². The van der Waals surface area contributed by atoms with Gasteiger partial charge in [0.2, 0.25) is 5.91 Å². The predicted molar refractivity (Wildman–Crippen MR) is 71.3 cm³/mol. The normalized spacial score (nSPS) is 11.8. The minimum Gasteiger partial charge on any atom is -0.465 e. The molecule has 0 saturated heterocycles. The second-order valence-electron chi connectivity index (χ2n) is 3.73. The van der Waals surface area contributed by atoms with E-state index in [-0.39, 0.29) is 17.7 Å². The van der Waals surface area contributed by atoms with Crippen LogP contribution in [0.2, 0.25) is 5.02 Å². The van der Waals surface area contributed by atoms with Crippen molar-refractivity contribution in [1.82, 2.24) is 0 Å². The Morgan fingerprint density at radius 3 is 2.67 bits per heavy atom. The molecule has 1 aromatic rings. The van der Waals surface area contributed by atoms with Crippen molar-refractivity contribution in [3.63, 3.8) is 0 Å². The Bertz CT molecular complexity index is 463. The summed E-state index contributed by atoms with van der Waals surface area (Å²) in [5.74, 6) is -0.883. The molecule has 4 nitrogen and oxygen atoms in total. The van der Waals surface area contributed by atoms with E-state index in [0.717, 1.165) is 0 Å². The number of benzene rings is 1. The Hall–Kier alpha value is -1.26. The molecule has 1 atom stereocenters. The number of alkyl halides is 1. The maximum atomic E-state index is 11.7. The van der Waals surface area contributed by atoms with Crippen LogP contribution < -0.4 is 5.32 Å². The van der Waals surface area contributed by atoms with Gasteiger partial charge in [0.25, 0.3) is 0 Å². The molecule has 1 aromatic carbocycles. The van der Waals surface area contributed by atoms with Gasteiger partial charge >= 0.3 is 5.97 Å². The average Bonchev–Trinajstić information content (AvgIpc) is 2.39. The summed E-state index contributed by atoms with van der Waals surface area (Å²) in [5, 5.41) is 2.96. The van der Waals surface area contributed by atoms with E-state index < -0.39 is 5.97 Å². The van der Waals surface area contributed by atoms with Gasteiger partial charge in [-0.1, -0.05) is 18.5 Å². The molecule has 1 rings (SSSR count). The molecule has 0 aliphatic heterocycles. The van der Waals surface area contributed by atoms with Crippen LogP contribution in [0.5, 0.6) is 0 Å². The third-order valence-electron chi connectivity index (χ3n) is 2.32. The average molecular weight is 290 g/mol. The number of esters is 1. The van der Waals surface area contributed by atoms with Gasteiger partial charge in [-0.3, -0.25) is 4.79 Å². The van der Waals surface area contributed by atoms with Crippen LogP contribution in [0, 0.1) is 5.92 Å². The van der Waals surface area contributed by atoms with Gasteiger partial charge in [-0.2, -0.15) is 0 Å². The van der Waals surface area contributed by atoms with E-state index in [9.17, 15) is 9.59 Å². The molecule has 1 N–H and O–H groups in total. The van der Waals surface area contributed by atoms with Crippen molar-refractivity contribution in [2.75, 3.05) is 18.3 Å². The quantitative estimate of drug-likeness (QED) is 0.685. The Labute approximate surface area is 115 Å². The van der Waals surface area contributed by atoms with Gasteiger partial charge in [0.15, 0.2) is 0 Å². The molecule has 0 spiro atoms. The van der Waals surface area contributed by atoms with Crippen molar-refractivity contribution in [2.24, 2.45) is 5.92 Å². The first-order valence-corrected chi connectivity index (χ1v) is 6.15. The fourth-order valence-corrected chi connectivity index (χ4v) is 1.50. The summed E-state index contributed by atoms with van der Waals surface area (Å²) in [6.45, 7) is 1.69. The third kappa shape index (κ3) is 3.62. The molecule has 0 heterocycles. The molecule has 0 aliphatic carbocycles. The van der Waals surface area contributed by atoms with E-state index in [0.29, 0.717) is 16.3 Å². The van der Waals surface area contributed by atoms with Crippen molar-refractivity contribution < 1.29 is 14.3 Å². The zero-order valence-corrected chi connectivity index (χ0v) is 11.5. The van der Waals surface area contributed by atoms with Crippen LogP contribution in [0.3, 0.4) is 0 Å². The molecular weight excluding hydrogens is 277 g/mol. The summed E-state index contributed by atoms with van der Waals surface area (Å²) in [4.78, 5) is 23.0. The number of halogens is 2. The zero-order valence-electron chi connectivity index (χ0n) is 10.00. The number of ether oxygens (including phenoxy) is 1. The zero-order chi connectivity index (χ0) is 13.7. The molecule has 0 aromatic heterocycles. The van der Waals surface area contributed by atoms with Crippen LogP contribution in [-0.2, 0) is 9.53 Å². The van der Waals surface area contributed by atoms with Crippen LogP contribution in [0.1, 0.15) is 17.3 Å². The van der Waals surface area contributed by atoms with Crippen LogP contribution in [0.25, 0.3) is 0 Å². The highest BCUT2D eigenvalue weighted by atomic mass is 35.5. The standard InChI is InChI=1S/C12H13Cl2NO3/c1-7(6-13)11(16)15-10-5-8(12(17)18-2)3-4-9(10)14/h3-5,7H,6H2,1-2H3,(H,15,16). The predicted octanol–water partition coefficient (Wildman–Crippen LogP) is 2.94. The van der Waals surface area contributed by atoms with Gasteiger partial charge < -0.3 is 10.1 Å². The second kappa shape index (κ2) is 6.61. The van der Waals surface area contributed by atoms with Crippen LogP contribution >= 0.6 is 23.2 Å². The van der Waals surface area contributed by atoms with E-state index in [1.807, 2.05) is 0 Å². The number of hydrogen-bond acceptors (Lipinski definition) is 3.